The van der Waals surface area contributed by atoms with E-state index in [1.54, 1.807) is 0 Å². The highest BCUT2D eigenvalue weighted by Crippen LogP contribution is 1.97. The largest absolute Gasteiger partial charge is 0.257 e. The van der Waals surface area contributed by atoms with E-state index in [1.807, 2.05) is 12.1 Å². The maximum Gasteiger partial charge on any atom is 0.0278 e. The molecule has 0 saturated heterocycles. The molecule has 0 unspecified atom stereocenters. The van der Waals surface area contributed by atoms with Crippen molar-refractivity contribution in [2.24, 2.45) is 0 Å². The zero-order valence-corrected chi connectivity index (χ0v) is 7.79. The molecule has 70 valence electrons. The molecule has 0 aliphatic heterocycles. The first-order valence-electron chi connectivity index (χ1n) is 4.54. The third-order valence-electron chi connectivity index (χ3n) is 1.75. The van der Waals surface area contributed by atoms with Crippen LogP contribution in [0.1, 0.15) is 5.56 Å². The number of rotatable bonds is 6. The van der Waals surface area contributed by atoms with Crippen molar-refractivity contribution >= 4 is 0 Å². The Bertz CT molecular complexity index is 231. The molecule has 0 heterocycles. The zero-order valence-electron chi connectivity index (χ0n) is 7.79. The maximum atomic E-state index is 3.61. The van der Waals surface area contributed by atoms with Crippen LogP contribution in [0.2, 0.25) is 0 Å². The molecule has 2 N–H and O–H groups in total. The Labute approximate surface area is 79.6 Å². The summed E-state index contributed by atoms with van der Waals surface area (Å²) >= 11 is 0. The Morgan fingerprint density at radius 1 is 1.15 bits per heavy atom. The van der Waals surface area contributed by atoms with E-state index in [0.717, 1.165) is 19.5 Å². The van der Waals surface area contributed by atoms with Crippen molar-refractivity contribution in [2.75, 3.05) is 13.1 Å². The van der Waals surface area contributed by atoms with Gasteiger partial charge in [0.05, 0.1) is 0 Å². The van der Waals surface area contributed by atoms with E-state index in [1.165, 1.54) is 5.56 Å². The lowest BCUT2D eigenvalue weighted by atomic mass is 10.2. The summed E-state index contributed by atoms with van der Waals surface area (Å²) in [6.45, 7) is 5.36. The fourth-order valence-electron chi connectivity index (χ4n) is 1.08. The number of hydrogen-bond donors (Lipinski definition) is 2. The van der Waals surface area contributed by atoms with Gasteiger partial charge >= 0.3 is 0 Å². The summed E-state index contributed by atoms with van der Waals surface area (Å²) < 4.78 is 0. The minimum atomic E-state index is 0.800. The second-order valence-electron chi connectivity index (χ2n) is 2.83. The molecule has 1 rings (SSSR count). The first-order chi connectivity index (χ1) is 6.43. The fourth-order valence-corrected chi connectivity index (χ4v) is 1.08. The van der Waals surface area contributed by atoms with Gasteiger partial charge in [-0.05, 0) is 12.0 Å². The van der Waals surface area contributed by atoms with E-state index >= 15 is 0 Å². The lowest BCUT2D eigenvalue weighted by Gasteiger charge is -2.04. The van der Waals surface area contributed by atoms with E-state index in [9.17, 15) is 0 Å². The summed E-state index contributed by atoms with van der Waals surface area (Å²) in [5.74, 6) is 0. The molecule has 2 nitrogen and oxygen atoms in total. The first-order valence-corrected chi connectivity index (χ1v) is 4.54. The first kappa shape index (κ1) is 9.96. The van der Waals surface area contributed by atoms with Crippen molar-refractivity contribution in [1.82, 2.24) is 10.9 Å². The number of nitrogens with one attached hydrogen (secondary N) is 2. The maximum absolute atomic E-state index is 3.61. The molecule has 0 aliphatic rings. The zero-order chi connectivity index (χ0) is 9.36. The van der Waals surface area contributed by atoms with E-state index in [-0.39, 0.29) is 0 Å². The van der Waals surface area contributed by atoms with Crippen molar-refractivity contribution in [3.63, 3.8) is 0 Å². The average molecular weight is 176 g/mol. The van der Waals surface area contributed by atoms with Crippen molar-refractivity contribution in [1.29, 1.82) is 0 Å². The molecular weight excluding hydrogens is 160 g/mol. The predicted octanol–water partition coefficient (Wildman–Crippen LogP) is 1.51. The normalized spacial score (nSPS) is 9.85. The molecule has 0 radical (unpaired) electrons. The van der Waals surface area contributed by atoms with E-state index in [4.69, 9.17) is 0 Å². The summed E-state index contributed by atoms with van der Waals surface area (Å²) in [5.41, 5.74) is 7.51. The molecule has 0 aliphatic carbocycles. The van der Waals surface area contributed by atoms with Crippen LogP contribution in [0, 0.1) is 0 Å². The van der Waals surface area contributed by atoms with Crippen LogP contribution in [0.25, 0.3) is 0 Å². The minimum Gasteiger partial charge on any atom is -0.257 e. The quantitative estimate of drug-likeness (QED) is 0.390. The molecule has 0 aromatic heterocycles. The highest BCUT2D eigenvalue weighted by atomic mass is 15.3. The van der Waals surface area contributed by atoms with Crippen LogP contribution in [0.5, 0.6) is 0 Å². The van der Waals surface area contributed by atoms with Gasteiger partial charge < -0.3 is 0 Å². The van der Waals surface area contributed by atoms with Crippen LogP contribution in [0.4, 0.5) is 0 Å². The van der Waals surface area contributed by atoms with Crippen molar-refractivity contribution < 1.29 is 0 Å². The fraction of sp³-hybridized carbons (Fsp3) is 0.273. The second-order valence-corrected chi connectivity index (χ2v) is 2.83. The standard InChI is InChI=1S/C11H16N2/c1-2-9-12-13-10-8-11-6-4-3-5-7-11/h2-7,12-13H,1,8-10H2. The summed E-state index contributed by atoms with van der Waals surface area (Å²) in [6, 6.07) is 10.4. The highest BCUT2D eigenvalue weighted by molar-refractivity contribution is 5.14. The molecule has 0 fully saturated rings. The van der Waals surface area contributed by atoms with E-state index < -0.39 is 0 Å². The lowest BCUT2D eigenvalue weighted by molar-refractivity contribution is 0.569. The summed E-state index contributed by atoms with van der Waals surface area (Å²) in [6.07, 6.45) is 2.88. The molecule has 0 bridgehead atoms. The number of hydrogen-bond acceptors (Lipinski definition) is 2. The monoisotopic (exact) mass is 176 g/mol. The molecule has 1 aromatic rings. The van der Waals surface area contributed by atoms with Gasteiger partial charge in [0.1, 0.15) is 0 Å². The molecule has 0 atom stereocenters. The molecule has 1 aromatic carbocycles. The van der Waals surface area contributed by atoms with Gasteiger partial charge in [0.15, 0.2) is 0 Å². The molecule has 0 amide bonds. The van der Waals surface area contributed by atoms with Gasteiger partial charge in [0, 0.05) is 13.1 Å². The van der Waals surface area contributed by atoms with Crippen molar-refractivity contribution in [2.45, 2.75) is 6.42 Å². The molecular formula is C11H16N2. The minimum absolute atomic E-state index is 0.800. The van der Waals surface area contributed by atoms with E-state index in [2.05, 4.69) is 41.7 Å². The van der Waals surface area contributed by atoms with Crippen molar-refractivity contribution in [3.8, 4) is 0 Å². The second kappa shape index (κ2) is 6.40. The molecule has 0 saturated carbocycles. The van der Waals surface area contributed by atoms with Gasteiger partial charge in [-0.15, -0.1) is 6.58 Å². The Balaban J connectivity index is 2.10. The SMILES string of the molecule is C=CCNNCCc1ccccc1. The topological polar surface area (TPSA) is 24.1 Å². The predicted molar refractivity (Wildman–Crippen MR) is 56.3 cm³/mol. The Hall–Kier alpha value is -1.12. The lowest BCUT2D eigenvalue weighted by Crippen LogP contribution is -2.33. The van der Waals surface area contributed by atoms with Crippen LogP contribution < -0.4 is 10.9 Å². The molecule has 13 heavy (non-hydrogen) atoms. The number of benzene rings is 1. The Morgan fingerprint density at radius 3 is 2.62 bits per heavy atom. The highest BCUT2D eigenvalue weighted by Gasteiger charge is 1.89. The van der Waals surface area contributed by atoms with Gasteiger partial charge in [-0.1, -0.05) is 36.4 Å². The molecule has 0 spiro atoms. The average Bonchev–Trinajstić information content (AvgIpc) is 2.19. The van der Waals surface area contributed by atoms with Gasteiger partial charge in [-0.2, -0.15) is 0 Å². The van der Waals surface area contributed by atoms with Crippen molar-refractivity contribution in [3.05, 3.63) is 48.6 Å². The van der Waals surface area contributed by atoms with Crippen LogP contribution >= 0.6 is 0 Å². The third-order valence-corrected chi connectivity index (χ3v) is 1.75. The van der Waals surface area contributed by atoms with Gasteiger partial charge in [0.2, 0.25) is 0 Å². The van der Waals surface area contributed by atoms with Gasteiger partial charge in [-0.25, -0.2) is 0 Å². The van der Waals surface area contributed by atoms with Crippen LogP contribution in [-0.4, -0.2) is 13.1 Å². The smallest absolute Gasteiger partial charge is 0.0278 e. The summed E-state index contributed by atoms with van der Waals surface area (Å²) in [4.78, 5) is 0. The Morgan fingerprint density at radius 2 is 1.92 bits per heavy atom. The Kier molecular flexibility index (Phi) is 4.91. The molecule has 2 heteroatoms. The summed E-state index contributed by atoms with van der Waals surface area (Å²) in [7, 11) is 0. The number of hydrazine groups is 1. The van der Waals surface area contributed by atoms with Gasteiger partial charge in [-0.3, -0.25) is 10.9 Å². The van der Waals surface area contributed by atoms with Crippen LogP contribution in [0.15, 0.2) is 43.0 Å². The third kappa shape index (κ3) is 4.45. The van der Waals surface area contributed by atoms with Gasteiger partial charge in [0.25, 0.3) is 0 Å². The van der Waals surface area contributed by atoms with Crippen LogP contribution in [-0.2, 0) is 6.42 Å². The van der Waals surface area contributed by atoms with Crippen LogP contribution in [0.3, 0.4) is 0 Å². The van der Waals surface area contributed by atoms with E-state index in [0.29, 0.717) is 0 Å². The summed E-state index contributed by atoms with van der Waals surface area (Å²) in [5, 5.41) is 0.